The van der Waals surface area contributed by atoms with Crippen LogP contribution in [0.1, 0.15) is 24.9 Å². The molecular weight excluding hydrogens is 276 g/mol. The normalized spacial score (nSPS) is 14.3. The number of hydrogen-bond donors (Lipinski definition) is 2. The van der Waals surface area contributed by atoms with E-state index in [0.717, 1.165) is 5.56 Å². The zero-order chi connectivity index (χ0) is 14.5. The maximum absolute atomic E-state index is 13.3. The third-order valence-corrected chi connectivity index (χ3v) is 3.40. The second-order valence-electron chi connectivity index (χ2n) is 4.33. The van der Waals surface area contributed by atoms with Crippen molar-refractivity contribution < 1.29 is 21.8 Å². The molecule has 108 valence electrons. The number of nitrogens with one attached hydrogen (secondary N) is 1. The molecule has 0 saturated carbocycles. The monoisotopic (exact) mass is 293 g/mol. The molecule has 0 amide bonds. The SMILES string of the molecule is CCC(NCC(F)(F)CS(=O)(=O)O)c1ccccc1. The van der Waals surface area contributed by atoms with Gasteiger partial charge in [0.25, 0.3) is 16.0 Å². The van der Waals surface area contributed by atoms with Gasteiger partial charge in [-0.3, -0.25) is 4.55 Å². The zero-order valence-corrected chi connectivity index (χ0v) is 11.3. The van der Waals surface area contributed by atoms with Gasteiger partial charge in [-0.25, -0.2) is 8.78 Å². The predicted molar refractivity (Wildman–Crippen MR) is 68.8 cm³/mol. The van der Waals surface area contributed by atoms with Crippen LogP contribution in [-0.4, -0.2) is 31.2 Å². The third kappa shape index (κ3) is 6.09. The molecule has 1 aromatic rings. The molecule has 1 rings (SSSR count). The fourth-order valence-corrected chi connectivity index (χ4v) is 2.41. The standard InChI is InChI=1S/C12H17F2NO3S/c1-2-11(10-6-4-3-5-7-10)15-8-12(13,14)9-19(16,17)18/h3-7,11,15H,2,8-9H2,1H3,(H,16,17,18). The Morgan fingerprint density at radius 2 is 1.89 bits per heavy atom. The molecule has 0 fully saturated rings. The first-order chi connectivity index (χ1) is 8.73. The van der Waals surface area contributed by atoms with E-state index >= 15 is 0 Å². The molecular formula is C12H17F2NO3S. The molecule has 0 spiro atoms. The summed E-state index contributed by atoms with van der Waals surface area (Å²) in [6, 6.07) is 8.76. The van der Waals surface area contributed by atoms with Gasteiger partial charge in [-0.2, -0.15) is 8.42 Å². The quantitative estimate of drug-likeness (QED) is 0.757. The second-order valence-corrected chi connectivity index (χ2v) is 5.79. The van der Waals surface area contributed by atoms with Crippen molar-refractivity contribution in [3.05, 3.63) is 35.9 Å². The van der Waals surface area contributed by atoms with Crippen LogP contribution in [-0.2, 0) is 10.1 Å². The number of hydrogen-bond acceptors (Lipinski definition) is 3. The molecule has 0 heterocycles. The molecule has 0 bridgehead atoms. The highest BCUT2D eigenvalue weighted by molar-refractivity contribution is 7.85. The van der Waals surface area contributed by atoms with Crippen LogP contribution in [0.2, 0.25) is 0 Å². The lowest BCUT2D eigenvalue weighted by Gasteiger charge is -2.21. The smallest absolute Gasteiger partial charge is 0.276 e. The predicted octanol–water partition coefficient (Wildman–Crippen LogP) is 2.25. The van der Waals surface area contributed by atoms with Crippen LogP contribution in [0.15, 0.2) is 30.3 Å². The van der Waals surface area contributed by atoms with Gasteiger partial charge in [0, 0.05) is 6.04 Å². The first-order valence-corrected chi connectivity index (χ1v) is 7.46. The molecule has 0 aliphatic rings. The number of alkyl halides is 2. The fraction of sp³-hybridized carbons (Fsp3) is 0.500. The van der Waals surface area contributed by atoms with E-state index in [-0.39, 0.29) is 6.04 Å². The van der Waals surface area contributed by atoms with E-state index < -0.39 is 28.3 Å². The summed E-state index contributed by atoms with van der Waals surface area (Å²) in [7, 11) is -4.69. The lowest BCUT2D eigenvalue weighted by atomic mass is 10.0. The minimum atomic E-state index is -4.69. The van der Waals surface area contributed by atoms with Gasteiger partial charge >= 0.3 is 0 Å². The van der Waals surface area contributed by atoms with E-state index in [1.807, 2.05) is 25.1 Å². The van der Waals surface area contributed by atoms with E-state index in [4.69, 9.17) is 4.55 Å². The average Bonchev–Trinajstić information content (AvgIpc) is 2.28. The number of halogens is 2. The van der Waals surface area contributed by atoms with Gasteiger partial charge in [-0.1, -0.05) is 37.3 Å². The molecule has 1 atom stereocenters. The highest BCUT2D eigenvalue weighted by atomic mass is 32.2. The van der Waals surface area contributed by atoms with E-state index in [1.54, 1.807) is 12.1 Å². The minimum absolute atomic E-state index is 0.284. The average molecular weight is 293 g/mol. The van der Waals surface area contributed by atoms with Crippen molar-refractivity contribution in [2.45, 2.75) is 25.3 Å². The minimum Gasteiger partial charge on any atom is -0.304 e. The van der Waals surface area contributed by atoms with Crippen molar-refractivity contribution in [1.82, 2.24) is 5.32 Å². The highest BCUT2D eigenvalue weighted by Gasteiger charge is 2.35. The topological polar surface area (TPSA) is 66.4 Å². The lowest BCUT2D eigenvalue weighted by molar-refractivity contribution is 0.0219. The molecule has 19 heavy (non-hydrogen) atoms. The molecule has 0 aliphatic carbocycles. The van der Waals surface area contributed by atoms with E-state index in [9.17, 15) is 17.2 Å². The number of rotatable bonds is 7. The van der Waals surface area contributed by atoms with Crippen molar-refractivity contribution in [3.8, 4) is 0 Å². The molecule has 0 aromatic heterocycles. The van der Waals surface area contributed by atoms with Crippen molar-refractivity contribution in [3.63, 3.8) is 0 Å². The van der Waals surface area contributed by atoms with Gasteiger partial charge in [0.1, 0.15) is 5.75 Å². The number of benzene rings is 1. The molecule has 0 radical (unpaired) electrons. The van der Waals surface area contributed by atoms with Crippen LogP contribution in [0.3, 0.4) is 0 Å². The molecule has 1 unspecified atom stereocenters. The largest absolute Gasteiger partial charge is 0.304 e. The summed E-state index contributed by atoms with van der Waals surface area (Å²) in [5.74, 6) is -5.08. The van der Waals surface area contributed by atoms with Crippen LogP contribution >= 0.6 is 0 Å². The van der Waals surface area contributed by atoms with Crippen molar-refractivity contribution >= 4 is 10.1 Å². The Morgan fingerprint density at radius 1 is 1.32 bits per heavy atom. The van der Waals surface area contributed by atoms with Gasteiger partial charge in [0.05, 0.1) is 6.54 Å². The highest BCUT2D eigenvalue weighted by Crippen LogP contribution is 2.20. The first-order valence-electron chi connectivity index (χ1n) is 5.85. The van der Waals surface area contributed by atoms with Gasteiger partial charge in [-0.05, 0) is 12.0 Å². The zero-order valence-electron chi connectivity index (χ0n) is 10.5. The Hall–Kier alpha value is -1.05. The molecule has 0 saturated heterocycles. The summed E-state index contributed by atoms with van der Waals surface area (Å²) in [4.78, 5) is 0. The van der Waals surface area contributed by atoms with Crippen LogP contribution in [0, 0.1) is 0 Å². The summed E-state index contributed by atoms with van der Waals surface area (Å²) in [5, 5.41) is 2.62. The maximum atomic E-state index is 13.3. The van der Waals surface area contributed by atoms with Crippen LogP contribution in [0.5, 0.6) is 0 Å². The Morgan fingerprint density at radius 3 is 2.37 bits per heavy atom. The van der Waals surface area contributed by atoms with Crippen molar-refractivity contribution in [1.29, 1.82) is 0 Å². The van der Waals surface area contributed by atoms with E-state index in [2.05, 4.69) is 5.32 Å². The van der Waals surface area contributed by atoms with Gasteiger partial charge < -0.3 is 5.32 Å². The summed E-state index contributed by atoms with van der Waals surface area (Å²) in [6.07, 6.45) is 0.589. The summed E-state index contributed by atoms with van der Waals surface area (Å²) in [5.41, 5.74) is 0.854. The maximum Gasteiger partial charge on any atom is 0.276 e. The Labute approximate surface area is 111 Å². The molecule has 2 N–H and O–H groups in total. The van der Waals surface area contributed by atoms with Gasteiger partial charge in [0.15, 0.2) is 0 Å². The molecule has 7 heteroatoms. The fourth-order valence-electron chi connectivity index (χ4n) is 1.77. The summed E-state index contributed by atoms with van der Waals surface area (Å²) < 4.78 is 56.1. The van der Waals surface area contributed by atoms with Gasteiger partial charge in [0.2, 0.25) is 0 Å². The Kier molecular flexibility index (Phi) is 5.39. The molecule has 0 aliphatic heterocycles. The summed E-state index contributed by atoms with van der Waals surface area (Å²) >= 11 is 0. The van der Waals surface area contributed by atoms with Crippen LogP contribution in [0.25, 0.3) is 0 Å². The Balaban J connectivity index is 2.64. The van der Waals surface area contributed by atoms with E-state index in [0.29, 0.717) is 6.42 Å². The first kappa shape index (κ1) is 16.0. The van der Waals surface area contributed by atoms with Gasteiger partial charge in [-0.15, -0.1) is 0 Å². The van der Waals surface area contributed by atoms with Crippen molar-refractivity contribution in [2.24, 2.45) is 0 Å². The molecule has 1 aromatic carbocycles. The Bertz CT molecular complexity index is 491. The lowest BCUT2D eigenvalue weighted by Crippen LogP contribution is -2.40. The van der Waals surface area contributed by atoms with Crippen LogP contribution in [0.4, 0.5) is 8.78 Å². The molecule has 4 nitrogen and oxygen atoms in total. The summed E-state index contributed by atoms with van der Waals surface area (Å²) in [6.45, 7) is 1.03. The van der Waals surface area contributed by atoms with Crippen molar-refractivity contribution in [2.75, 3.05) is 12.3 Å². The van der Waals surface area contributed by atoms with E-state index in [1.165, 1.54) is 0 Å². The van der Waals surface area contributed by atoms with Crippen LogP contribution < -0.4 is 5.32 Å². The third-order valence-electron chi connectivity index (χ3n) is 2.61. The second kappa shape index (κ2) is 6.40.